The minimum atomic E-state index is -0.267. The van der Waals surface area contributed by atoms with E-state index in [-0.39, 0.29) is 18.1 Å². The summed E-state index contributed by atoms with van der Waals surface area (Å²) < 4.78 is 11.0. The maximum absolute atomic E-state index is 12.0. The maximum Gasteiger partial charge on any atom is 0.251 e. The lowest BCUT2D eigenvalue weighted by Crippen LogP contribution is -2.38. The molecule has 0 aliphatic carbocycles. The van der Waals surface area contributed by atoms with E-state index in [0.717, 1.165) is 36.1 Å². The van der Waals surface area contributed by atoms with E-state index in [4.69, 9.17) is 15.2 Å². The van der Waals surface area contributed by atoms with Crippen molar-refractivity contribution in [2.45, 2.75) is 25.0 Å². The molecule has 2 aliphatic rings. The van der Waals surface area contributed by atoms with Gasteiger partial charge in [0, 0.05) is 12.1 Å². The topological polar surface area (TPSA) is 73.6 Å². The Morgan fingerprint density at radius 2 is 2.25 bits per heavy atom. The highest BCUT2D eigenvalue weighted by Gasteiger charge is 2.25. The van der Waals surface area contributed by atoms with Crippen molar-refractivity contribution in [1.29, 1.82) is 0 Å². The molecule has 1 saturated heterocycles. The number of hydrogen-bond donors (Lipinski definition) is 2. The number of aryl methyl sites for hydroxylation is 1. The number of ether oxygens (including phenoxy) is 2. The van der Waals surface area contributed by atoms with Crippen LogP contribution < -0.4 is 11.1 Å². The van der Waals surface area contributed by atoms with Crippen molar-refractivity contribution in [2.75, 3.05) is 26.4 Å². The van der Waals surface area contributed by atoms with Gasteiger partial charge in [0.1, 0.15) is 6.10 Å². The fourth-order valence-corrected chi connectivity index (χ4v) is 2.73. The Labute approximate surface area is 118 Å². The summed E-state index contributed by atoms with van der Waals surface area (Å²) >= 11 is 0. The summed E-state index contributed by atoms with van der Waals surface area (Å²) in [6.07, 6.45) is 1.76. The molecule has 0 aromatic heterocycles. The highest BCUT2D eigenvalue weighted by atomic mass is 16.6. The van der Waals surface area contributed by atoms with E-state index < -0.39 is 0 Å². The van der Waals surface area contributed by atoms with Crippen LogP contribution in [0.2, 0.25) is 0 Å². The van der Waals surface area contributed by atoms with Crippen LogP contribution in [-0.4, -0.2) is 38.4 Å². The second kappa shape index (κ2) is 5.91. The molecule has 5 heteroatoms. The summed E-state index contributed by atoms with van der Waals surface area (Å²) in [7, 11) is 0. The van der Waals surface area contributed by atoms with Gasteiger partial charge < -0.3 is 20.5 Å². The Morgan fingerprint density at radius 1 is 1.35 bits per heavy atom. The van der Waals surface area contributed by atoms with Gasteiger partial charge in [-0.25, -0.2) is 0 Å². The number of benzene rings is 1. The zero-order valence-electron chi connectivity index (χ0n) is 11.4. The molecule has 1 aromatic carbocycles. The van der Waals surface area contributed by atoms with Gasteiger partial charge in [-0.3, -0.25) is 4.79 Å². The van der Waals surface area contributed by atoms with Gasteiger partial charge in [-0.05, 0) is 30.0 Å². The number of fused-ring (bicyclic) bond motifs is 1. The van der Waals surface area contributed by atoms with Crippen molar-refractivity contribution in [1.82, 2.24) is 5.32 Å². The molecular weight excluding hydrogens is 256 g/mol. The van der Waals surface area contributed by atoms with Crippen molar-refractivity contribution in [3.63, 3.8) is 0 Å². The zero-order chi connectivity index (χ0) is 13.9. The molecule has 20 heavy (non-hydrogen) atoms. The lowest BCUT2D eigenvalue weighted by molar-refractivity contribution is -0.0975. The van der Waals surface area contributed by atoms with Crippen LogP contribution >= 0.6 is 0 Å². The molecule has 5 nitrogen and oxygen atoms in total. The minimum absolute atomic E-state index is 0.00707. The van der Waals surface area contributed by atoms with Crippen molar-refractivity contribution in [3.05, 3.63) is 34.9 Å². The molecule has 0 bridgehead atoms. The lowest BCUT2D eigenvalue weighted by Gasteiger charge is -2.28. The summed E-state index contributed by atoms with van der Waals surface area (Å²) in [6.45, 7) is 2.43. The average Bonchev–Trinajstić information content (AvgIpc) is 2.69. The fourth-order valence-electron chi connectivity index (χ4n) is 2.73. The van der Waals surface area contributed by atoms with Gasteiger partial charge in [0.05, 0.1) is 25.9 Å². The van der Waals surface area contributed by atoms with Crippen LogP contribution in [0.25, 0.3) is 0 Å². The van der Waals surface area contributed by atoms with Crippen LogP contribution in [0.1, 0.15) is 33.9 Å². The quantitative estimate of drug-likeness (QED) is 0.837. The summed E-state index contributed by atoms with van der Waals surface area (Å²) in [6, 6.07) is 5.65. The van der Waals surface area contributed by atoms with Gasteiger partial charge in [0.15, 0.2) is 0 Å². The standard InChI is InChI=1S/C15H20N2O3/c16-14(13-9-19-6-7-20-13)11-4-3-10-2-1-5-17-15(18)12(10)8-11/h3-4,8,13-14H,1-2,5-7,9,16H2,(H,17,18). The first kappa shape index (κ1) is 13.5. The van der Waals surface area contributed by atoms with E-state index in [2.05, 4.69) is 5.32 Å². The SMILES string of the molecule is NC(c1ccc2c(c1)C(=O)NCCC2)C1COCCO1. The molecule has 0 radical (unpaired) electrons. The molecule has 3 rings (SSSR count). The molecule has 0 spiro atoms. The van der Waals surface area contributed by atoms with Crippen LogP contribution in [0.15, 0.2) is 18.2 Å². The molecule has 108 valence electrons. The van der Waals surface area contributed by atoms with Crippen LogP contribution in [-0.2, 0) is 15.9 Å². The lowest BCUT2D eigenvalue weighted by atomic mass is 9.95. The minimum Gasteiger partial charge on any atom is -0.376 e. The van der Waals surface area contributed by atoms with Crippen LogP contribution in [0, 0.1) is 0 Å². The second-order valence-electron chi connectivity index (χ2n) is 5.29. The Bertz CT molecular complexity index is 498. The summed E-state index contributed by atoms with van der Waals surface area (Å²) in [5.74, 6) is -0.00707. The zero-order valence-corrected chi connectivity index (χ0v) is 11.4. The molecule has 1 aromatic rings. The molecule has 2 unspecified atom stereocenters. The monoisotopic (exact) mass is 276 g/mol. The van der Waals surface area contributed by atoms with Gasteiger partial charge in [0.25, 0.3) is 5.91 Å². The van der Waals surface area contributed by atoms with E-state index in [0.29, 0.717) is 19.8 Å². The fraction of sp³-hybridized carbons (Fsp3) is 0.533. The third-order valence-corrected chi connectivity index (χ3v) is 3.91. The first-order chi connectivity index (χ1) is 9.75. The number of nitrogens with two attached hydrogens (primary N) is 1. The molecule has 1 amide bonds. The largest absolute Gasteiger partial charge is 0.376 e. The number of carbonyl (C=O) groups is 1. The molecule has 1 fully saturated rings. The third kappa shape index (κ3) is 2.70. The number of carbonyl (C=O) groups excluding carboxylic acids is 1. The van der Waals surface area contributed by atoms with Gasteiger partial charge in [-0.15, -0.1) is 0 Å². The van der Waals surface area contributed by atoms with Gasteiger partial charge in [0.2, 0.25) is 0 Å². The van der Waals surface area contributed by atoms with E-state index in [9.17, 15) is 4.79 Å². The average molecular weight is 276 g/mol. The maximum atomic E-state index is 12.0. The van der Waals surface area contributed by atoms with Crippen molar-refractivity contribution < 1.29 is 14.3 Å². The van der Waals surface area contributed by atoms with Gasteiger partial charge >= 0.3 is 0 Å². The van der Waals surface area contributed by atoms with Gasteiger partial charge in [-0.2, -0.15) is 0 Å². The third-order valence-electron chi connectivity index (χ3n) is 3.91. The molecule has 2 aliphatic heterocycles. The van der Waals surface area contributed by atoms with E-state index in [1.165, 1.54) is 0 Å². The normalized spacial score (nSPS) is 24.4. The highest BCUT2D eigenvalue weighted by Crippen LogP contribution is 2.23. The molecule has 2 atom stereocenters. The van der Waals surface area contributed by atoms with E-state index >= 15 is 0 Å². The van der Waals surface area contributed by atoms with Crippen molar-refractivity contribution >= 4 is 5.91 Å². The highest BCUT2D eigenvalue weighted by molar-refractivity contribution is 5.96. The Morgan fingerprint density at radius 3 is 3.05 bits per heavy atom. The predicted molar refractivity (Wildman–Crippen MR) is 74.6 cm³/mol. The summed E-state index contributed by atoms with van der Waals surface area (Å²) in [4.78, 5) is 12.0. The first-order valence-corrected chi connectivity index (χ1v) is 7.11. The Balaban J connectivity index is 1.85. The van der Waals surface area contributed by atoms with E-state index in [1.807, 2.05) is 18.2 Å². The number of nitrogens with one attached hydrogen (secondary N) is 1. The number of amides is 1. The number of rotatable bonds is 2. The summed E-state index contributed by atoms with van der Waals surface area (Å²) in [5, 5.41) is 2.91. The molecule has 0 saturated carbocycles. The summed E-state index contributed by atoms with van der Waals surface area (Å²) in [5.41, 5.74) is 9.01. The molecule has 3 N–H and O–H groups in total. The predicted octanol–water partition coefficient (Wildman–Crippen LogP) is 0.778. The first-order valence-electron chi connectivity index (χ1n) is 7.11. The van der Waals surface area contributed by atoms with Crippen molar-refractivity contribution in [3.8, 4) is 0 Å². The molecule has 2 heterocycles. The van der Waals surface area contributed by atoms with Crippen LogP contribution in [0.3, 0.4) is 0 Å². The van der Waals surface area contributed by atoms with E-state index in [1.54, 1.807) is 0 Å². The molecular formula is C15H20N2O3. The van der Waals surface area contributed by atoms with Crippen LogP contribution in [0.4, 0.5) is 0 Å². The van der Waals surface area contributed by atoms with Crippen molar-refractivity contribution in [2.24, 2.45) is 5.73 Å². The Kier molecular flexibility index (Phi) is 4.00. The van der Waals surface area contributed by atoms with Crippen LogP contribution in [0.5, 0.6) is 0 Å². The number of hydrogen-bond acceptors (Lipinski definition) is 4. The second-order valence-corrected chi connectivity index (χ2v) is 5.29. The smallest absolute Gasteiger partial charge is 0.251 e. The Hall–Kier alpha value is -1.43. The van der Waals surface area contributed by atoms with Gasteiger partial charge in [-0.1, -0.05) is 12.1 Å².